The molecule has 5 rings (SSSR count). The second-order valence-corrected chi connectivity index (χ2v) is 13.9. The van der Waals surface area contributed by atoms with Crippen LogP contribution in [0.2, 0.25) is 0 Å². The summed E-state index contributed by atoms with van der Waals surface area (Å²) in [6.45, 7) is 6.40. The maximum Gasteiger partial charge on any atom is 0.416 e. The van der Waals surface area contributed by atoms with Crippen molar-refractivity contribution in [1.29, 1.82) is 0 Å². The maximum absolute atomic E-state index is 13.5. The summed E-state index contributed by atoms with van der Waals surface area (Å²) in [6, 6.07) is 15.1. The third-order valence-electron chi connectivity index (χ3n) is 6.71. The van der Waals surface area contributed by atoms with Crippen molar-refractivity contribution in [2.24, 2.45) is 5.41 Å². The minimum Gasteiger partial charge on any atom is -0.374 e. The third-order valence-corrected chi connectivity index (χ3v) is 10.6. The highest BCUT2D eigenvalue weighted by Crippen LogP contribution is 2.67. The molecule has 2 saturated heterocycles. The normalized spacial score (nSPS) is 24.1. The lowest BCUT2D eigenvalue weighted by molar-refractivity contribution is -0.137. The van der Waals surface area contributed by atoms with Crippen LogP contribution >= 0.6 is 6.34 Å². The van der Waals surface area contributed by atoms with Crippen LogP contribution in [0.25, 0.3) is 0 Å². The van der Waals surface area contributed by atoms with Crippen molar-refractivity contribution in [3.05, 3.63) is 82.9 Å². The van der Waals surface area contributed by atoms with Gasteiger partial charge in [0.2, 0.25) is 0 Å². The number of fused-ring (bicyclic) bond motifs is 1. The summed E-state index contributed by atoms with van der Waals surface area (Å²) in [5.41, 5.74) is 6.26. The second kappa shape index (κ2) is 8.90. The van der Waals surface area contributed by atoms with Gasteiger partial charge in [0.05, 0.1) is 22.3 Å². The first-order chi connectivity index (χ1) is 16.6. The van der Waals surface area contributed by atoms with Gasteiger partial charge in [-0.3, -0.25) is 5.43 Å². The number of nitrogens with zero attached hydrogens (tertiary/aromatic N) is 2. The Bertz CT molecular complexity index is 1220. The highest BCUT2D eigenvalue weighted by molar-refractivity contribution is 8.18. The van der Waals surface area contributed by atoms with Gasteiger partial charge < -0.3 is 9.99 Å². The van der Waals surface area contributed by atoms with Gasteiger partial charge in [0.15, 0.2) is 6.34 Å². The van der Waals surface area contributed by atoms with Crippen LogP contribution in [0.4, 0.5) is 24.5 Å². The number of allylic oxidation sites excluding steroid dienone is 3. The van der Waals surface area contributed by atoms with Gasteiger partial charge in [0.25, 0.3) is 0 Å². The fourth-order valence-corrected chi connectivity index (χ4v) is 9.11. The van der Waals surface area contributed by atoms with Gasteiger partial charge in [-0.05, 0) is 73.2 Å². The summed E-state index contributed by atoms with van der Waals surface area (Å²) in [7, 11) is 0. The quantitative estimate of drug-likeness (QED) is 0.410. The van der Waals surface area contributed by atoms with Gasteiger partial charge in [0.1, 0.15) is 0 Å². The van der Waals surface area contributed by atoms with Crippen LogP contribution in [0.5, 0.6) is 0 Å². The van der Waals surface area contributed by atoms with Gasteiger partial charge in [-0.15, -0.1) is 0 Å². The number of piperidine rings is 1. The Hall–Kier alpha value is -2.44. The van der Waals surface area contributed by atoms with E-state index in [0.29, 0.717) is 5.69 Å². The van der Waals surface area contributed by atoms with E-state index < -0.39 is 18.1 Å². The largest absolute Gasteiger partial charge is 0.416 e. The van der Waals surface area contributed by atoms with Crippen molar-refractivity contribution in [2.45, 2.75) is 45.7 Å². The lowest BCUT2D eigenvalue weighted by atomic mass is 9.82. The summed E-state index contributed by atoms with van der Waals surface area (Å²) < 4.78 is 42.4. The maximum atomic E-state index is 13.5. The Morgan fingerprint density at radius 3 is 2.40 bits per heavy atom. The molecule has 0 spiro atoms. The van der Waals surface area contributed by atoms with Crippen LogP contribution in [0.15, 0.2) is 77.4 Å². The number of hydrogen-bond donors (Lipinski definition) is 2. The zero-order valence-corrected chi connectivity index (χ0v) is 21.6. The molecule has 0 amide bonds. The van der Waals surface area contributed by atoms with Gasteiger partial charge >= 0.3 is 6.18 Å². The Morgan fingerprint density at radius 2 is 1.71 bits per heavy atom. The van der Waals surface area contributed by atoms with Gasteiger partial charge in [0, 0.05) is 24.5 Å². The van der Waals surface area contributed by atoms with Gasteiger partial charge in [-0.25, -0.2) is 4.78 Å². The molecule has 0 saturated carbocycles. The number of benzene rings is 2. The molecular formula is C26H30F3N4PS. The van der Waals surface area contributed by atoms with Crippen LogP contribution in [-0.4, -0.2) is 18.0 Å². The van der Waals surface area contributed by atoms with E-state index in [1.54, 1.807) is 6.07 Å². The molecule has 0 radical (unpaired) electrons. The highest BCUT2D eigenvalue weighted by atomic mass is 32.4. The minimum absolute atomic E-state index is 0.0678. The molecule has 3 aliphatic rings. The molecule has 9 heteroatoms. The summed E-state index contributed by atoms with van der Waals surface area (Å²) in [4.78, 5) is 2.46. The van der Waals surface area contributed by atoms with Crippen LogP contribution < -0.4 is 15.3 Å². The zero-order chi connectivity index (χ0) is 24.8. The summed E-state index contributed by atoms with van der Waals surface area (Å²) in [5, 5.41) is 4.47. The summed E-state index contributed by atoms with van der Waals surface area (Å²) in [6.07, 6.45) is -0.655. The standard InChI is InChI=1S/C26H30F3N4PS/c1-25(2)17-22-24(23(18-25)32-14-7-4-8-15-32)34(35,33(30-22)21-12-5-3-6-13-21)31-20-11-9-10-19(16-20)26(27,28)29/h3,5-6,9-13,16-17,30H,4,7-8,14-15,18H2,1-2H3,(H,31,35)/t34-/m0/s1. The number of alkyl halides is 3. The molecule has 1 atom stereocenters. The van der Waals surface area contributed by atoms with E-state index in [1.165, 1.54) is 18.2 Å². The van der Waals surface area contributed by atoms with Crippen molar-refractivity contribution >= 4 is 29.5 Å². The van der Waals surface area contributed by atoms with E-state index in [2.05, 4.69) is 35.3 Å². The zero-order valence-electron chi connectivity index (χ0n) is 19.9. The number of likely N-dealkylation sites (tertiary alicyclic amines) is 1. The van der Waals surface area contributed by atoms with Crippen LogP contribution in [-0.2, 0) is 18.0 Å². The molecule has 35 heavy (non-hydrogen) atoms. The van der Waals surface area contributed by atoms with E-state index >= 15 is 0 Å². The molecule has 186 valence electrons. The van der Waals surface area contributed by atoms with Crippen LogP contribution in [0.3, 0.4) is 0 Å². The van der Waals surface area contributed by atoms with E-state index in [0.717, 1.165) is 61.2 Å². The lowest BCUT2D eigenvalue weighted by Gasteiger charge is -2.39. The molecule has 4 nitrogen and oxygen atoms in total. The Morgan fingerprint density at radius 1 is 1.00 bits per heavy atom. The topological polar surface area (TPSA) is 30.5 Å². The molecule has 0 unspecified atom stereocenters. The summed E-state index contributed by atoms with van der Waals surface area (Å²) in [5.74, 6) is 0. The predicted octanol–water partition coefficient (Wildman–Crippen LogP) is 7.46. The number of rotatable bonds is 4. The lowest BCUT2D eigenvalue weighted by Crippen LogP contribution is -2.34. The fourth-order valence-electron chi connectivity index (χ4n) is 5.16. The monoisotopic (exact) mass is 518 g/mol. The smallest absolute Gasteiger partial charge is 0.374 e. The molecule has 2 fully saturated rings. The van der Waals surface area contributed by atoms with Crippen molar-refractivity contribution < 1.29 is 13.2 Å². The second-order valence-electron chi connectivity index (χ2n) is 10.1. The number of nitrogens with one attached hydrogen (secondary N) is 2. The molecule has 2 aromatic rings. The van der Waals surface area contributed by atoms with E-state index in [9.17, 15) is 13.2 Å². The Kier molecular flexibility index (Phi) is 6.17. The van der Waals surface area contributed by atoms with Crippen molar-refractivity contribution in [3.8, 4) is 0 Å². The van der Waals surface area contributed by atoms with E-state index in [1.807, 2.05) is 35.1 Å². The number of hydrogen-bond acceptors (Lipinski definition) is 3. The van der Waals surface area contributed by atoms with Crippen molar-refractivity contribution in [2.75, 3.05) is 23.0 Å². The van der Waals surface area contributed by atoms with E-state index in [-0.39, 0.29) is 5.41 Å². The molecule has 1 aliphatic carbocycles. The minimum atomic E-state index is -4.42. The van der Waals surface area contributed by atoms with Gasteiger partial charge in [-0.1, -0.05) is 44.2 Å². The molecule has 0 aromatic heterocycles. The number of hydrazine groups is 1. The average Bonchev–Trinajstić information content (AvgIpc) is 3.10. The van der Waals surface area contributed by atoms with Crippen LogP contribution in [0.1, 0.15) is 45.1 Å². The first kappa shape index (κ1) is 24.3. The van der Waals surface area contributed by atoms with Crippen molar-refractivity contribution in [1.82, 2.24) is 10.3 Å². The molecule has 2 N–H and O–H groups in total. The first-order valence-corrected chi connectivity index (χ1v) is 14.7. The number of halogens is 3. The average molecular weight is 519 g/mol. The van der Waals surface area contributed by atoms with Crippen LogP contribution in [0, 0.1) is 5.41 Å². The predicted molar refractivity (Wildman–Crippen MR) is 140 cm³/mol. The fraction of sp³-hybridized carbons (Fsp3) is 0.385. The Balaban J connectivity index is 1.67. The molecule has 2 aliphatic heterocycles. The summed E-state index contributed by atoms with van der Waals surface area (Å²) >= 11 is 6.47. The first-order valence-electron chi connectivity index (χ1n) is 12.0. The molecule has 2 aromatic carbocycles. The molecular weight excluding hydrogens is 488 g/mol. The SMILES string of the molecule is CC1(C)C=C2NN(c3ccccc3)[P@@](=S)(Nc3cccc(C(F)(F)F)c3)C2=C(N2CCCCC2)C1. The van der Waals surface area contributed by atoms with E-state index in [4.69, 9.17) is 11.8 Å². The molecule has 2 heterocycles. The highest BCUT2D eigenvalue weighted by Gasteiger charge is 2.46. The number of anilines is 2. The number of para-hydroxylation sites is 1. The van der Waals surface area contributed by atoms with Crippen molar-refractivity contribution in [3.63, 3.8) is 0 Å². The Labute approximate surface area is 210 Å². The third kappa shape index (κ3) is 4.70. The van der Waals surface area contributed by atoms with Gasteiger partial charge in [-0.2, -0.15) is 13.2 Å². The molecule has 0 bridgehead atoms.